The predicted molar refractivity (Wildman–Crippen MR) is 93.0 cm³/mol. The van der Waals surface area contributed by atoms with Crippen LogP contribution in [0.1, 0.15) is 5.69 Å². The van der Waals surface area contributed by atoms with E-state index in [1.807, 2.05) is 67.6 Å². The Kier molecular flexibility index (Phi) is 7.17. The van der Waals surface area contributed by atoms with Crippen LogP contribution in [0.2, 0.25) is 0 Å². The second kappa shape index (κ2) is 9.60. The van der Waals surface area contributed by atoms with Crippen LogP contribution < -0.4 is 5.10 Å². The fourth-order valence-electron chi connectivity index (χ4n) is 2.06. The molecule has 128 valence electrons. The summed E-state index contributed by atoms with van der Waals surface area (Å²) in [6.07, 6.45) is 5.29. The maximum Gasteiger partial charge on any atom is 0.0886 e. The van der Waals surface area contributed by atoms with Gasteiger partial charge in [0.05, 0.1) is 11.4 Å². The fourth-order valence-corrected chi connectivity index (χ4v) is 2.06. The Morgan fingerprint density at radius 2 is 1.16 bits per heavy atom. The number of hydrogen-bond donors (Lipinski definition) is 0. The Hall–Kier alpha value is -2.65. The van der Waals surface area contributed by atoms with Crippen molar-refractivity contribution in [3.05, 3.63) is 84.9 Å². The summed E-state index contributed by atoms with van der Waals surface area (Å²) in [4.78, 5) is 12.5. The van der Waals surface area contributed by atoms with E-state index in [9.17, 15) is 0 Å². The molecule has 0 spiro atoms. The van der Waals surface area contributed by atoms with Gasteiger partial charge in [-0.05, 0) is 43.3 Å². The van der Waals surface area contributed by atoms with Gasteiger partial charge in [0, 0.05) is 51.0 Å². The first-order valence-corrected chi connectivity index (χ1v) is 7.54. The first kappa shape index (κ1) is 18.7. The Labute approximate surface area is 160 Å². The number of aromatic nitrogens is 5. The monoisotopic (exact) mass is 509 g/mol. The molecule has 0 aliphatic heterocycles. The third-order valence-corrected chi connectivity index (χ3v) is 3.18. The molecule has 0 saturated heterocycles. The van der Waals surface area contributed by atoms with E-state index in [1.165, 1.54) is 0 Å². The third kappa shape index (κ3) is 5.43. The summed E-state index contributed by atoms with van der Waals surface area (Å²) in [7, 11) is 0. The predicted octanol–water partition coefficient (Wildman–Crippen LogP) is 3.55. The fraction of sp³-hybridized carbons (Fsp3) is 0.0526. The first-order chi connectivity index (χ1) is 11.8. The summed E-state index contributed by atoms with van der Waals surface area (Å²) in [5.41, 5.74) is 4.47. The van der Waals surface area contributed by atoms with Gasteiger partial charge in [0.1, 0.15) is 0 Å². The molecule has 0 aromatic carbocycles. The third-order valence-electron chi connectivity index (χ3n) is 3.18. The van der Waals surface area contributed by atoms with Gasteiger partial charge in [0.15, 0.2) is 0 Å². The molecule has 0 amide bonds. The first-order valence-electron chi connectivity index (χ1n) is 7.54. The zero-order chi connectivity index (χ0) is 16.6. The molecule has 0 fully saturated rings. The Morgan fingerprint density at radius 3 is 1.52 bits per heavy atom. The SMILES string of the molecule is Cc1cc(-c2ccccn2)[n-]n1.[Pt].c1ccc(-c2ccccn2)nc1. The van der Waals surface area contributed by atoms with E-state index < -0.39 is 0 Å². The average molecular weight is 509 g/mol. The summed E-state index contributed by atoms with van der Waals surface area (Å²) in [6.45, 7) is 1.92. The topological polar surface area (TPSA) is 65.7 Å². The molecule has 4 aromatic heterocycles. The van der Waals surface area contributed by atoms with Crippen LogP contribution in [0.5, 0.6) is 0 Å². The minimum Gasteiger partial charge on any atom is -0.574 e. The van der Waals surface area contributed by atoms with Crippen LogP contribution in [-0.2, 0) is 21.1 Å². The minimum absolute atomic E-state index is 0. The number of pyridine rings is 3. The number of rotatable bonds is 2. The molecule has 0 saturated carbocycles. The molecular weight excluding hydrogens is 493 g/mol. The number of hydrogen-bond acceptors (Lipinski definition) is 4. The maximum absolute atomic E-state index is 4.19. The van der Waals surface area contributed by atoms with Crippen LogP contribution in [-0.4, -0.2) is 20.1 Å². The summed E-state index contributed by atoms with van der Waals surface area (Å²) < 4.78 is 0. The number of aryl methyl sites for hydroxylation is 1. The standard InChI is InChI=1S/C10H8N2.C9H8N3.Pt/c1-3-7-11-9(5-1)10-6-2-4-8-12-10;1-7-6-9(12-11-7)8-4-2-3-5-10-8;/h1-8H;2-6H,1H3;/q;-1;. The van der Waals surface area contributed by atoms with Gasteiger partial charge in [-0.3, -0.25) is 15.0 Å². The van der Waals surface area contributed by atoms with Crippen molar-refractivity contribution < 1.29 is 21.1 Å². The molecule has 0 aliphatic rings. The van der Waals surface area contributed by atoms with E-state index in [4.69, 9.17) is 0 Å². The summed E-state index contributed by atoms with van der Waals surface area (Å²) in [6, 6.07) is 19.3. The minimum atomic E-state index is 0. The van der Waals surface area contributed by atoms with Crippen LogP contribution in [0.25, 0.3) is 22.8 Å². The normalized spacial score (nSPS) is 9.48. The number of nitrogens with zero attached hydrogens (tertiary/aromatic N) is 5. The van der Waals surface area contributed by atoms with E-state index >= 15 is 0 Å². The van der Waals surface area contributed by atoms with Gasteiger partial charge >= 0.3 is 0 Å². The molecule has 4 aromatic rings. The Morgan fingerprint density at radius 1 is 0.680 bits per heavy atom. The van der Waals surface area contributed by atoms with Crippen LogP contribution in [0, 0.1) is 6.92 Å². The average Bonchev–Trinajstić information content (AvgIpc) is 3.11. The molecule has 6 heteroatoms. The van der Waals surface area contributed by atoms with Crippen LogP contribution in [0.15, 0.2) is 79.3 Å². The van der Waals surface area contributed by atoms with Crippen molar-refractivity contribution in [3.8, 4) is 22.8 Å². The van der Waals surface area contributed by atoms with Gasteiger partial charge in [-0.2, -0.15) is 0 Å². The summed E-state index contributed by atoms with van der Waals surface area (Å²) in [5.74, 6) is 0. The largest absolute Gasteiger partial charge is 0.574 e. The van der Waals surface area contributed by atoms with Crippen molar-refractivity contribution in [2.75, 3.05) is 0 Å². The van der Waals surface area contributed by atoms with Crippen molar-refractivity contribution in [1.82, 2.24) is 25.1 Å². The van der Waals surface area contributed by atoms with Crippen LogP contribution in [0.3, 0.4) is 0 Å². The molecule has 0 radical (unpaired) electrons. The Bertz CT molecular complexity index is 826. The second-order valence-corrected chi connectivity index (χ2v) is 5.02. The van der Waals surface area contributed by atoms with Crippen molar-refractivity contribution in [2.24, 2.45) is 0 Å². The maximum atomic E-state index is 4.19. The second-order valence-electron chi connectivity index (χ2n) is 5.02. The van der Waals surface area contributed by atoms with E-state index in [0.29, 0.717) is 0 Å². The smallest absolute Gasteiger partial charge is 0.0886 e. The van der Waals surface area contributed by atoms with Gasteiger partial charge < -0.3 is 10.2 Å². The van der Waals surface area contributed by atoms with Crippen molar-refractivity contribution in [2.45, 2.75) is 6.92 Å². The molecule has 0 atom stereocenters. The van der Waals surface area contributed by atoms with Gasteiger partial charge in [-0.1, -0.05) is 30.0 Å². The molecule has 4 heterocycles. The van der Waals surface area contributed by atoms with E-state index in [2.05, 4.69) is 25.1 Å². The van der Waals surface area contributed by atoms with Crippen molar-refractivity contribution in [1.29, 1.82) is 0 Å². The zero-order valence-corrected chi connectivity index (χ0v) is 15.8. The van der Waals surface area contributed by atoms with Crippen LogP contribution in [0.4, 0.5) is 0 Å². The molecule has 0 N–H and O–H groups in total. The molecule has 0 aliphatic carbocycles. The van der Waals surface area contributed by atoms with Gasteiger partial charge in [-0.15, -0.1) is 0 Å². The van der Waals surface area contributed by atoms with E-state index in [-0.39, 0.29) is 21.1 Å². The van der Waals surface area contributed by atoms with Crippen molar-refractivity contribution in [3.63, 3.8) is 0 Å². The summed E-state index contributed by atoms with van der Waals surface area (Å²) in [5, 5.41) is 7.88. The quantitative estimate of drug-likeness (QED) is 0.414. The summed E-state index contributed by atoms with van der Waals surface area (Å²) >= 11 is 0. The molecule has 5 nitrogen and oxygen atoms in total. The zero-order valence-electron chi connectivity index (χ0n) is 13.6. The molecule has 0 unspecified atom stereocenters. The Balaban J connectivity index is 0.000000173. The van der Waals surface area contributed by atoms with E-state index in [0.717, 1.165) is 28.5 Å². The molecule has 25 heavy (non-hydrogen) atoms. The van der Waals surface area contributed by atoms with Gasteiger partial charge in [0.25, 0.3) is 0 Å². The van der Waals surface area contributed by atoms with Gasteiger partial charge in [-0.25, -0.2) is 0 Å². The molecule has 0 bridgehead atoms. The molecular formula is C19H16N5Pt-. The van der Waals surface area contributed by atoms with E-state index in [1.54, 1.807) is 18.6 Å². The van der Waals surface area contributed by atoms with Crippen LogP contribution >= 0.6 is 0 Å². The molecule has 4 rings (SSSR count). The van der Waals surface area contributed by atoms with Gasteiger partial charge in [0.2, 0.25) is 0 Å². The van der Waals surface area contributed by atoms with Crippen molar-refractivity contribution >= 4 is 0 Å².